The van der Waals surface area contributed by atoms with E-state index in [1.54, 1.807) is 0 Å². The third-order valence-electron chi connectivity index (χ3n) is 3.37. The Bertz CT molecular complexity index is 373. The average Bonchev–Trinajstić information content (AvgIpc) is 2.59. The summed E-state index contributed by atoms with van der Waals surface area (Å²) in [6.45, 7) is 6.08. The van der Waals surface area contributed by atoms with E-state index in [1.807, 2.05) is 0 Å². The quantitative estimate of drug-likeness (QED) is 0.832. The van der Waals surface area contributed by atoms with Crippen molar-refractivity contribution in [1.29, 1.82) is 0 Å². The van der Waals surface area contributed by atoms with Crippen molar-refractivity contribution in [3.8, 4) is 0 Å². The third kappa shape index (κ3) is 2.02. The predicted molar refractivity (Wildman–Crippen MR) is 60.7 cm³/mol. The molecule has 0 saturated carbocycles. The molecule has 4 heteroatoms. The molecule has 3 nitrogen and oxygen atoms in total. The molecule has 0 spiro atoms. The molecule has 1 aliphatic heterocycles. The smallest absolute Gasteiger partial charge is 0.142 e. The highest BCUT2D eigenvalue weighted by Gasteiger charge is 2.28. The lowest BCUT2D eigenvalue weighted by atomic mass is 10.0. The molecule has 1 aliphatic rings. The highest BCUT2D eigenvalue weighted by atomic mass is 19.1. The minimum Gasteiger partial charge on any atom is -0.392 e. The lowest BCUT2D eigenvalue weighted by Gasteiger charge is -2.19. The number of hydrogen-bond donors (Lipinski definition) is 1. The molecule has 88 valence electrons. The van der Waals surface area contributed by atoms with E-state index in [9.17, 15) is 9.50 Å². The van der Waals surface area contributed by atoms with Gasteiger partial charge in [0, 0.05) is 18.7 Å². The molecule has 1 aromatic rings. The maximum absolute atomic E-state index is 13.0. The summed E-state index contributed by atoms with van der Waals surface area (Å²) >= 11 is 0. The van der Waals surface area contributed by atoms with Gasteiger partial charge in [-0.05, 0) is 17.9 Å². The van der Waals surface area contributed by atoms with Crippen LogP contribution in [0.3, 0.4) is 0 Å². The first-order chi connectivity index (χ1) is 7.61. The summed E-state index contributed by atoms with van der Waals surface area (Å²) in [5.41, 5.74) is 0.571. The Labute approximate surface area is 94.9 Å². The van der Waals surface area contributed by atoms with E-state index >= 15 is 0 Å². The highest BCUT2D eigenvalue weighted by molar-refractivity contribution is 5.47. The largest absolute Gasteiger partial charge is 0.392 e. The Morgan fingerprint density at radius 1 is 1.44 bits per heavy atom. The fourth-order valence-electron chi connectivity index (χ4n) is 2.18. The van der Waals surface area contributed by atoms with Crippen molar-refractivity contribution in [1.82, 2.24) is 4.98 Å². The molecular weight excluding hydrogens is 207 g/mol. The van der Waals surface area contributed by atoms with Crippen LogP contribution in [0.2, 0.25) is 0 Å². The number of hydrogen-bond acceptors (Lipinski definition) is 3. The van der Waals surface area contributed by atoms with Gasteiger partial charge in [0.25, 0.3) is 0 Å². The molecule has 0 amide bonds. The fourth-order valence-corrected chi connectivity index (χ4v) is 2.18. The number of anilines is 1. The van der Waals surface area contributed by atoms with Crippen LogP contribution in [0.5, 0.6) is 0 Å². The molecule has 16 heavy (non-hydrogen) atoms. The van der Waals surface area contributed by atoms with Gasteiger partial charge >= 0.3 is 0 Å². The van der Waals surface area contributed by atoms with Gasteiger partial charge in [0.05, 0.1) is 12.8 Å². The van der Waals surface area contributed by atoms with Gasteiger partial charge < -0.3 is 10.0 Å². The molecule has 1 N–H and O–H groups in total. The number of nitrogens with zero attached hydrogens (tertiary/aromatic N) is 2. The third-order valence-corrected chi connectivity index (χ3v) is 3.37. The molecule has 0 bridgehead atoms. The maximum atomic E-state index is 13.0. The molecular formula is C12H17FN2O. The van der Waals surface area contributed by atoms with Crippen LogP contribution < -0.4 is 4.90 Å². The van der Waals surface area contributed by atoms with E-state index in [1.165, 1.54) is 12.3 Å². The van der Waals surface area contributed by atoms with Gasteiger partial charge in [0.2, 0.25) is 0 Å². The minimum atomic E-state index is -0.395. The average molecular weight is 224 g/mol. The Kier molecular flexibility index (Phi) is 3.10. The number of pyridine rings is 1. The van der Waals surface area contributed by atoms with Crippen LogP contribution in [-0.2, 0) is 6.61 Å². The van der Waals surface area contributed by atoms with Gasteiger partial charge in [0.1, 0.15) is 11.6 Å². The normalized spacial score (nSPS) is 25.1. The minimum absolute atomic E-state index is 0.167. The number of aromatic nitrogens is 1. The van der Waals surface area contributed by atoms with Crippen LogP contribution in [0, 0.1) is 17.7 Å². The fraction of sp³-hybridized carbons (Fsp3) is 0.583. The number of aliphatic hydroxyl groups excluding tert-OH is 1. The standard InChI is InChI=1S/C12H17FN2O/c1-8-5-15(6-9(8)2)12-10(7-16)3-11(13)4-14-12/h3-4,8-9,16H,5-7H2,1-2H3. The van der Waals surface area contributed by atoms with Crippen molar-refractivity contribution in [3.63, 3.8) is 0 Å². The van der Waals surface area contributed by atoms with Gasteiger partial charge in [-0.1, -0.05) is 13.8 Å². The number of aliphatic hydroxyl groups is 1. The zero-order chi connectivity index (χ0) is 11.7. The first-order valence-corrected chi connectivity index (χ1v) is 5.62. The topological polar surface area (TPSA) is 36.4 Å². The molecule has 2 unspecified atom stereocenters. The Hall–Kier alpha value is -1.16. The van der Waals surface area contributed by atoms with Gasteiger partial charge in [-0.2, -0.15) is 0 Å². The van der Waals surface area contributed by atoms with E-state index in [0.29, 0.717) is 17.4 Å². The highest BCUT2D eigenvalue weighted by Crippen LogP contribution is 2.28. The lowest BCUT2D eigenvalue weighted by molar-refractivity contribution is 0.281. The van der Waals surface area contributed by atoms with Gasteiger partial charge in [0.15, 0.2) is 0 Å². The van der Waals surface area contributed by atoms with Crippen LogP contribution in [0.25, 0.3) is 0 Å². The van der Waals surface area contributed by atoms with Gasteiger partial charge in [-0.25, -0.2) is 9.37 Å². The number of rotatable bonds is 2. The second-order valence-corrected chi connectivity index (χ2v) is 4.65. The summed E-state index contributed by atoms with van der Waals surface area (Å²) in [7, 11) is 0. The molecule has 1 fully saturated rings. The van der Waals surface area contributed by atoms with Crippen LogP contribution in [0.15, 0.2) is 12.3 Å². The molecule has 1 aromatic heterocycles. The first-order valence-electron chi connectivity index (χ1n) is 5.62. The van der Waals surface area contributed by atoms with Gasteiger partial charge in [-0.3, -0.25) is 0 Å². The van der Waals surface area contributed by atoms with Crippen molar-refractivity contribution >= 4 is 5.82 Å². The summed E-state index contributed by atoms with van der Waals surface area (Å²) in [6.07, 6.45) is 1.21. The van der Waals surface area contributed by atoms with Crippen molar-refractivity contribution in [2.75, 3.05) is 18.0 Å². The van der Waals surface area contributed by atoms with E-state index < -0.39 is 5.82 Å². The Morgan fingerprint density at radius 2 is 2.06 bits per heavy atom. The van der Waals surface area contributed by atoms with E-state index in [0.717, 1.165) is 18.9 Å². The summed E-state index contributed by atoms with van der Waals surface area (Å²) in [6, 6.07) is 1.36. The second-order valence-electron chi connectivity index (χ2n) is 4.65. The summed E-state index contributed by atoms with van der Waals surface area (Å²) in [4.78, 5) is 6.22. The molecule has 2 heterocycles. The monoisotopic (exact) mass is 224 g/mol. The summed E-state index contributed by atoms with van der Waals surface area (Å²) in [5, 5.41) is 9.20. The van der Waals surface area contributed by atoms with Crippen LogP contribution >= 0.6 is 0 Å². The van der Waals surface area contributed by atoms with Crippen molar-refractivity contribution in [2.45, 2.75) is 20.5 Å². The SMILES string of the molecule is CC1CN(c2ncc(F)cc2CO)CC1C. The molecule has 0 radical (unpaired) electrons. The van der Waals surface area contributed by atoms with E-state index in [4.69, 9.17) is 0 Å². The van der Waals surface area contributed by atoms with Crippen LogP contribution in [-0.4, -0.2) is 23.2 Å². The first kappa shape index (κ1) is 11.3. The molecule has 2 rings (SSSR count). The van der Waals surface area contributed by atoms with E-state index in [-0.39, 0.29) is 6.61 Å². The lowest BCUT2D eigenvalue weighted by Crippen LogP contribution is -2.22. The number of halogens is 1. The van der Waals surface area contributed by atoms with Gasteiger partial charge in [-0.15, -0.1) is 0 Å². The molecule has 1 saturated heterocycles. The van der Waals surface area contributed by atoms with E-state index in [2.05, 4.69) is 23.7 Å². The maximum Gasteiger partial charge on any atom is 0.142 e. The summed E-state index contributed by atoms with van der Waals surface area (Å²) in [5.74, 6) is 1.55. The van der Waals surface area contributed by atoms with Crippen molar-refractivity contribution < 1.29 is 9.50 Å². The van der Waals surface area contributed by atoms with Crippen molar-refractivity contribution in [3.05, 3.63) is 23.6 Å². The molecule has 0 aromatic carbocycles. The molecule has 2 atom stereocenters. The summed E-state index contributed by atoms with van der Waals surface area (Å²) < 4.78 is 13.0. The Morgan fingerprint density at radius 3 is 2.62 bits per heavy atom. The van der Waals surface area contributed by atoms with Crippen molar-refractivity contribution in [2.24, 2.45) is 11.8 Å². The zero-order valence-electron chi connectivity index (χ0n) is 9.65. The van der Waals surface area contributed by atoms with Crippen LogP contribution in [0.1, 0.15) is 19.4 Å². The van der Waals surface area contributed by atoms with Crippen LogP contribution in [0.4, 0.5) is 10.2 Å². The Balaban J connectivity index is 2.27. The predicted octanol–water partition coefficient (Wildman–Crippen LogP) is 1.81. The second kappa shape index (κ2) is 4.37. The molecule has 0 aliphatic carbocycles. The zero-order valence-corrected chi connectivity index (χ0v) is 9.65.